The Hall–Kier alpha value is -2.43. The molecule has 0 aliphatic rings. The molecule has 3 nitrogen and oxygen atoms in total. The Balaban J connectivity index is 1.76. The summed E-state index contributed by atoms with van der Waals surface area (Å²) in [4.78, 5) is 10.8. The Labute approximate surface area is 155 Å². The van der Waals surface area contributed by atoms with Crippen molar-refractivity contribution in [3.63, 3.8) is 0 Å². The number of anilines is 2. The van der Waals surface area contributed by atoms with Gasteiger partial charge in [0.15, 0.2) is 0 Å². The van der Waals surface area contributed by atoms with E-state index in [0.29, 0.717) is 0 Å². The van der Waals surface area contributed by atoms with Crippen molar-refractivity contribution in [3.05, 3.63) is 71.5 Å². The number of rotatable bonds is 4. The molecule has 2 aromatic heterocycles. The molecule has 1 N–H and O–H groups in total. The minimum absolute atomic E-state index is 0.252. The van der Waals surface area contributed by atoms with Crippen LogP contribution in [0.4, 0.5) is 11.5 Å². The molecule has 0 saturated carbocycles. The Kier molecular flexibility index (Phi) is 4.38. The van der Waals surface area contributed by atoms with Gasteiger partial charge in [0.2, 0.25) is 5.28 Å². The van der Waals surface area contributed by atoms with Gasteiger partial charge in [-0.25, -0.2) is 4.98 Å². The first-order chi connectivity index (χ1) is 12.2. The number of nitrogens with one attached hydrogen (secondary N) is 1. The molecule has 0 radical (unpaired) electrons. The van der Waals surface area contributed by atoms with Gasteiger partial charge in [0.25, 0.3) is 0 Å². The van der Waals surface area contributed by atoms with Gasteiger partial charge in [-0.1, -0.05) is 49.4 Å². The van der Waals surface area contributed by atoms with Gasteiger partial charge < -0.3 is 5.32 Å². The van der Waals surface area contributed by atoms with Crippen molar-refractivity contribution in [3.8, 4) is 10.4 Å². The van der Waals surface area contributed by atoms with Crippen LogP contribution in [0.5, 0.6) is 0 Å². The summed E-state index contributed by atoms with van der Waals surface area (Å²) in [7, 11) is 0. The standard InChI is InChI=1S/C20H16ClN3S/c1-2-13-8-10-15(11-9-13)22-18-16-12-17(14-6-4-3-5-7-14)25-19(16)24-20(21)23-18/h3-12H,2H2,1H3,(H,22,23,24). The summed E-state index contributed by atoms with van der Waals surface area (Å²) in [6, 6.07) is 20.7. The van der Waals surface area contributed by atoms with Gasteiger partial charge in [0.05, 0.1) is 5.39 Å². The van der Waals surface area contributed by atoms with Crippen LogP contribution in [0.2, 0.25) is 5.28 Å². The number of hydrogen-bond donors (Lipinski definition) is 1. The number of nitrogens with zero attached hydrogens (tertiary/aromatic N) is 2. The minimum atomic E-state index is 0.252. The number of aromatic nitrogens is 2. The van der Waals surface area contributed by atoms with E-state index in [2.05, 4.69) is 64.7 Å². The highest BCUT2D eigenvalue weighted by molar-refractivity contribution is 7.22. The predicted molar refractivity (Wildman–Crippen MR) is 107 cm³/mol. The number of fused-ring (bicyclic) bond motifs is 1. The SMILES string of the molecule is CCc1ccc(Nc2nc(Cl)nc3sc(-c4ccccc4)cc23)cc1. The third kappa shape index (κ3) is 3.36. The topological polar surface area (TPSA) is 37.8 Å². The molecule has 2 heterocycles. The van der Waals surface area contributed by atoms with Crippen molar-refractivity contribution in [2.24, 2.45) is 0 Å². The number of aryl methyl sites for hydroxylation is 1. The Morgan fingerprint density at radius 3 is 2.48 bits per heavy atom. The number of hydrogen-bond acceptors (Lipinski definition) is 4. The van der Waals surface area contributed by atoms with Gasteiger partial charge in [0.1, 0.15) is 10.6 Å². The predicted octanol–water partition coefficient (Wildman–Crippen LogP) is 6.32. The fourth-order valence-electron chi connectivity index (χ4n) is 2.70. The Bertz CT molecular complexity index is 1010. The molecule has 0 atom stereocenters. The molecular weight excluding hydrogens is 350 g/mol. The maximum Gasteiger partial charge on any atom is 0.225 e. The van der Waals surface area contributed by atoms with Crippen molar-refractivity contribution >= 4 is 44.7 Å². The van der Waals surface area contributed by atoms with Crippen LogP contribution in [0.3, 0.4) is 0 Å². The molecule has 0 aliphatic heterocycles. The molecule has 25 heavy (non-hydrogen) atoms. The van der Waals surface area contributed by atoms with Crippen molar-refractivity contribution < 1.29 is 0 Å². The molecule has 4 rings (SSSR count). The zero-order valence-electron chi connectivity index (χ0n) is 13.7. The Morgan fingerprint density at radius 2 is 1.76 bits per heavy atom. The van der Waals surface area contributed by atoms with Gasteiger partial charge in [-0.2, -0.15) is 4.98 Å². The molecular formula is C20H16ClN3S. The summed E-state index contributed by atoms with van der Waals surface area (Å²) in [6.45, 7) is 2.15. The molecule has 0 bridgehead atoms. The van der Waals surface area contributed by atoms with E-state index in [1.807, 2.05) is 18.2 Å². The molecule has 0 fully saturated rings. The summed E-state index contributed by atoms with van der Waals surface area (Å²) in [5.41, 5.74) is 3.46. The highest BCUT2D eigenvalue weighted by Crippen LogP contribution is 2.36. The summed E-state index contributed by atoms with van der Waals surface area (Å²) < 4.78 is 0. The van der Waals surface area contributed by atoms with E-state index in [0.717, 1.165) is 33.0 Å². The second-order valence-corrected chi connectivity index (χ2v) is 7.08. The van der Waals surface area contributed by atoms with Crippen LogP contribution < -0.4 is 5.32 Å². The fraction of sp³-hybridized carbons (Fsp3) is 0.100. The van der Waals surface area contributed by atoms with Crippen LogP contribution in [0.15, 0.2) is 60.7 Å². The normalized spacial score (nSPS) is 11.0. The molecule has 0 saturated heterocycles. The summed E-state index contributed by atoms with van der Waals surface area (Å²) >= 11 is 7.76. The average Bonchev–Trinajstić information content (AvgIpc) is 3.07. The lowest BCUT2D eigenvalue weighted by Crippen LogP contribution is -1.96. The molecule has 4 aromatic rings. The lowest BCUT2D eigenvalue weighted by molar-refractivity contribution is 1.14. The largest absolute Gasteiger partial charge is 0.340 e. The zero-order valence-corrected chi connectivity index (χ0v) is 15.2. The first-order valence-electron chi connectivity index (χ1n) is 8.11. The maximum absolute atomic E-state index is 6.14. The van der Waals surface area contributed by atoms with Crippen molar-refractivity contribution in [1.82, 2.24) is 9.97 Å². The van der Waals surface area contributed by atoms with Crippen LogP contribution in [0.25, 0.3) is 20.7 Å². The van der Waals surface area contributed by atoms with E-state index in [1.165, 1.54) is 11.1 Å². The summed E-state index contributed by atoms with van der Waals surface area (Å²) in [5.74, 6) is 0.734. The molecule has 0 unspecified atom stereocenters. The van der Waals surface area contributed by atoms with Crippen molar-refractivity contribution in [2.45, 2.75) is 13.3 Å². The van der Waals surface area contributed by atoms with E-state index < -0.39 is 0 Å². The average molecular weight is 366 g/mol. The van der Waals surface area contributed by atoms with Crippen LogP contribution in [0.1, 0.15) is 12.5 Å². The molecule has 0 amide bonds. The maximum atomic E-state index is 6.14. The van der Waals surface area contributed by atoms with Crippen LogP contribution in [0, 0.1) is 0 Å². The molecule has 0 spiro atoms. The van der Waals surface area contributed by atoms with Crippen LogP contribution in [-0.2, 0) is 6.42 Å². The number of halogens is 1. The van der Waals surface area contributed by atoms with E-state index in [1.54, 1.807) is 11.3 Å². The lowest BCUT2D eigenvalue weighted by Gasteiger charge is -2.07. The van der Waals surface area contributed by atoms with Gasteiger partial charge in [-0.15, -0.1) is 11.3 Å². The minimum Gasteiger partial charge on any atom is -0.340 e. The first-order valence-corrected chi connectivity index (χ1v) is 9.31. The first kappa shape index (κ1) is 16.1. The van der Waals surface area contributed by atoms with Gasteiger partial charge in [-0.05, 0) is 47.3 Å². The summed E-state index contributed by atoms with van der Waals surface area (Å²) in [5, 5.41) is 4.61. The van der Waals surface area contributed by atoms with Gasteiger partial charge in [0, 0.05) is 10.6 Å². The number of benzene rings is 2. The van der Waals surface area contributed by atoms with E-state index in [4.69, 9.17) is 11.6 Å². The molecule has 2 aromatic carbocycles. The van der Waals surface area contributed by atoms with Crippen molar-refractivity contribution in [2.75, 3.05) is 5.32 Å². The van der Waals surface area contributed by atoms with Crippen LogP contribution in [-0.4, -0.2) is 9.97 Å². The fourth-order valence-corrected chi connectivity index (χ4v) is 3.95. The molecule has 5 heteroatoms. The number of thiophene rings is 1. The smallest absolute Gasteiger partial charge is 0.225 e. The Morgan fingerprint density at radius 1 is 1.00 bits per heavy atom. The molecule has 0 aliphatic carbocycles. The van der Waals surface area contributed by atoms with Crippen LogP contribution >= 0.6 is 22.9 Å². The van der Waals surface area contributed by atoms with E-state index in [9.17, 15) is 0 Å². The third-order valence-electron chi connectivity index (χ3n) is 4.05. The zero-order chi connectivity index (χ0) is 17.2. The quantitative estimate of drug-likeness (QED) is 0.430. The van der Waals surface area contributed by atoms with E-state index in [-0.39, 0.29) is 5.28 Å². The second-order valence-electron chi connectivity index (χ2n) is 5.71. The van der Waals surface area contributed by atoms with Crippen molar-refractivity contribution in [1.29, 1.82) is 0 Å². The lowest BCUT2D eigenvalue weighted by atomic mass is 10.1. The third-order valence-corrected chi connectivity index (χ3v) is 5.30. The van der Waals surface area contributed by atoms with Gasteiger partial charge >= 0.3 is 0 Å². The van der Waals surface area contributed by atoms with Gasteiger partial charge in [-0.3, -0.25) is 0 Å². The highest BCUT2D eigenvalue weighted by Gasteiger charge is 2.12. The molecule has 124 valence electrons. The second kappa shape index (κ2) is 6.82. The monoisotopic (exact) mass is 365 g/mol. The summed E-state index contributed by atoms with van der Waals surface area (Å²) in [6.07, 6.45) is 1.02. The highest BCUT2D eigenvalue weighted by atomic mass is 35.5. The van der Waals surface area contributed by atoms with E-state index >= 15 is 0 Å².